The van der Waals surface area contributed by atoms with Gasteiger partial charge in [-0.05, 0) is 47.3 Å². The first-order chi connectivity index (χ1) is 10.1. The molecule has 8 heteroatoms. The van der Waals surface area contributed by atoms with Crippen LogP contribution in [0.25, 0.3) is 0 Å². The zero-order valence-corrected chi connectivity index (χ0v) is 13.2. The third-order valence-corrected chi connectivity index (χ3v) is 3.51. The van der Waals surface area contributed by atoms with Gasteiger partial charge in [0, 0.05) is 22.9 Å². The highest BCUT2D eigenvalue weighted by Gasteiger charge is 2.12. The summed E-state index contributed by atoms with van der Waals surface area (Å²) < 4.78 is 0.723. The van der Waals surface area contributed by atoms with Gasteiger partial charge in [0.2, 0.25) is 0 Å². The van der Waals surface area contributed by atoms with E-state index in [1.165, 1.54) is 0 Å². The molecular weight excluding hydrogens is 336 g/mol. The molecule has 0 radical (unpaired) electrons. The first-order valence-electron chi connectivity index (χ1n) is 6.51. The number of nitrogen functional groups attached to an aromatic ring is 1. The Labute approximate surface area is 130 Å². The number of hydrogen-bond donors (Lipinski definition) is 4. The highest BCUT2D eigenvalue weighted by molar-refractivity contribution is 9.10. The van der Waals surface area contributed by atoms with Crippen molar-refractivity contribution >= 4 is 27.7 Å². The molecule has 112 valence electrons. The molecule has 2 heterocycles. The molecule has 0 aromatic carbocycles. The van der Waals surface area contributed by atoms with Crippen molar-refractivity contribution < 1.29 is 4.79 Å². The summed E-state index contributed by atoms with van der Waals surface area (Å²) in [6, 6.07) is 1.68. The van der Waals surface area contributed by atoms with Gasteiger partial charge >= 0.3 is 0 Å². The molecule has 0 unspecified atom stereocenters. The maximum atomic E-state index is 12.1. The number of nitrogens with one attached hydrogen (secondary N) is 3. The van der Waals surface area contributed by atoms with Crippen LogP contribution in [0.4, 0.5) is 5.82 Å². The van der Waals surface area contributed by atoms with E-state index in [1.54, 1.807) is 12.3 Å². The molecule has 0 atom stereocenters. The quantitative estimate of drug-likeness (QED) is 0.358. The van der Waals surface area contributed by atoms with Crippen molar-refractivity contribution in [2.24, 2.45) is 5.84 Å². The molecule has 5 N–H and O–H groups in total. The van der Waals surface area contributed by atoms with E-state index in [-0.39, 0.29) is 5.91 Å². The molecule has 21 heavy (non-hydrogen) atoms. The zero-order chi connectivity index (χ0) is 15.2. The second-order valence-electron chi connectivity index (χ2n) is 4.57. The fourth-order valence-electron chi connectivity index (χ4n) is 1.93. The predicted octanol–water partition coefficient (Wildman–Crippen LogP) is 1.52. The highest BCUT2D eigenvalue weighted by Crippen LogP contribution is 2.17. The molecule has 0 saturated heterocycles. The summed E-state index contributed by atoms with van der Waals surface area (Å²) in [5, 5.41) is 9.72. The van der Waals surface area contributed by atoms with E-state index in [9.17, 15) is 4.79 Å². The Balaban J connectivity index is 1.87. The lowest BCUT2D eigenvalue weighted by Gasteiger charge is -2.09. The number of rotatable bonds is 6. The summed E-state index contributed by atoms with van der Waals surface area (Å²) in [4.78, 5) is 16.2. The van der Waals surface area contributed by atoms with Gasteiger partial charge in [0.15, 0.2) is 5.82 Å². The Morgan fingerprint density at radius 1 is 1.48 bits per heavy atom. The Hall–Kier alpha value is -1.93. The van der Waals surface area contributed by atoms with Crippen molar-refractivity contribution in [2.45, 2.75) is 19.8 Å². The van der Waals surface area contributed by atoms with Crippen LogP contribution < -0.4 is 16.6 Å². The van der Waals surface area contributed by atoms with E-state index >= 15 is 0 Å². The van der Waals surface area contributed by atoms with Crippen molar-refractivity contribution in [3.05, 3.63) is 39.8 Å². The van der Waals surface area contributed by atoms with E-state index < -0.39 is 0 Å². The largest absolute Gasteiger partial charge is 0.352 e. The molecule has 7 nitrogen and oxygen atoms in total. The van der Waals surface area contributed by atoms with Crippen molar-refractivity contribution in [3.8, 4) is 0 Å². The molecular formula is C13H17BrN6O. The van der Waals surface area contributed by atoms with Gasteiger partial charge in [0.05, 0.1) is 11.8 Å². The second kappa shape index (κ2) is 7.19. The maximum absolute atomic E-state index is 12.1. The summed E-state index contributed by atoms with van der Waals surface area (Å²) in [7, 11) is 0. The lowest BCUT2D eigenvalue weighted by atomic mass is 10.1. The zero-order valence-electron chi connectivity index (χ0n) is 11.6. The number of nitrogens with zero attached hydrogens (tertiary/aromatic N) is 2. The van der Waals surface area contributed by atoms with Crippen LogP contribution >= 0.6 is 15.9 Å². The number of aryl methyl sites for hydroxylation is 2. The van der Waals surface area contributed by atoms with Gasteiger partial charge in [-0.3, -0.25) is 9.89 Å². The topological polar surface area (TPSA) is 109 Å². The number of pyridine rings is 1. The Kier molecular flexibility index (Phi) is 5.29. The number of nitrogens with two attached hydrogens (primary N) is 1. The van der Waals surface area contributed by atoms with Crippen molar-refractivity contribution in [1.29, 1.82) is 0 Å². The van der Waals surface area contributed by atoms with Gasteiger partial charge in [-0.15, -0.1) is 0 Å². The van der Waals surface area contributed by atoms with Crippen LogP contribution in [0.1, 0.15) is 28.0 Å². The van der Waals surface area contributed by atoms with Crippen molar-refractivity contribution in [2.75, 3.05) is 12.0 Å². The summed E-state index contributed by atoms with van der Waals surface area (Å²) in [6.45, 7) is 2.55. The lowest BCUT2D eigenvalue weighted by Crippen LogP contribution is -2.27. The number of H-pyrrole nitrogens is 1. The SMILES string of the molecule is Cc1[nH]ncc1CCCNC(=O)c1cc(Br)cnc1NN. The number of carbonyl (C=O) groups excluding carboxylic acids is 1. The predicted molar refractivity (Wildman–Crippen MR) is 83.7 cm³/mol. The number of hydrogen-bond acceptors (Lipinski definition) is 5. The van der Waals surface area contributed by atoms with Crippen LogP contribution in [0.15, 0.2) is 22.9 Å². The molecule has 0 fully saturated rings. The van der Waals surface area contributed by atoms with Gasteiger partial charge in [-0.2, -0.15) is 5.10 Å². The van der Waals surface area contributed by atoms with E-state index in [0.717, 1.165) is 28.6 Å². The summed E-state index contributed by atoms with van der Waals surface area (Å²) in [5.74, 6) is 5.50. The third-order valence-electron chi connectivity index (χ3n) is 3.08. The molecule has 1 amide bonds. The van der Waals surface area contributed by atoms with Crippen LogP contribution in [0.5, 0.6) is 0 Å². The fraction of sp³-hybridized carbons (Fsp3) is 0.308. The minimum Gasteiger partial charge on any atom is -0.352 e. The lowest BCUT2D eigenvalue weighted by molar-refractivity contribution is 0.0953. The molecule has 0 aliphatic carbocycles. The fourth-order valence-corrected chi connectivity index (χ4v) is 2.26. The second-order valence-corrected chi connectivity index (χ2v) is 5.49. The van der Waals surface area contributed by atoms with E-state index in [2.05, 4.69) is 41.9 Å². The third kappa shape index (κ3) is 4.02. The number of anilines is 1. The summed E-state index contributed by atoms with van der Waals surface area (Å²) >= 11 is 3.29. The van der Waals surface area contributed by atoms with Gasteiger partial charge in [-0.1, -0.05) is 0 Å². The Morgan fingerprint density at radius 2 is 2.29 bits per heavy atom. The minimum atomic E-state index is -0.208. The first-order valence-corrected chi connectivity index (χ1v) is 7.30. The number of amides is 1. The van der Waals surface area contributed by atoms with E-state index in [4.69, 9.17) is 5.84 Å². The standard InChI is InChI=1S/C13H17BrN6O/c1-8-9(6-18-20-8)3-2-4-16-13(21)11-5-10(14)7-17-12(11)19-15/h5-7H,2-4,15H2,1H3,(H,16,21)(H,17,19)(H,18,20). The number of aromatic nitrogens is 3. The number of carbonyl (C=O) groups is 1. The minimum absolute atomic E-state index is 0.208. The number of hydrazine groups is 1. The van der Waals surface area contributed by atoms with E-state index in [1.807, 2.05) is 13.1 Å². The van der Waals surface area contributed by atoms with Gasteiger partial charge in [0.1, 0.15) is 0 Å². The van der Waals surface area contributed by atoms with Crippen molar-refractivity contribution in [1.82, 2.24) is 20.5 Å². The average Bonchev–Trinajstić information content (AvgIpc) is 2.88. The van der Waals surface area contributed by atoms with E-state index in [0.29, 0.717) is 17.9 Å². The first kappa shape index (κ1) is 15.5. The maximum Gasteiger partial charge on any atom is 0.255 e. The Bertz CT molecular complexity index is 627. The van der Waals surface area contributed by atoms with Crippen molar-refractivity contribution in [3.63, 3.8) is 0 Å². The normalized spacial score (nSPS) is 10.4. The molecule has 0 aliphatic heterocycles. The number of halogens is 1. The average molecular weight is 353 g/mol. The number of aromatic amines is 1. The van der Waals surface area contributed by atoms with Gasteiger partial charge < -0.3 is 10.7 Å². The summed E-state index contributed by atoms with van der Waals surface area (Å²) in [6.07, 6.45) is 5.08. The van der Waals surface area contributed by atoms with Gasteiger partial charge in [0.25, 0.3) is 5.91 Å². The molecule has 2 aromatic heterocycles. The van der Waals surface area contributed by atoms with Crippen LogP contribution in [0.3, 0.4) is 0 Å². The molecule has 2 aromatic rings. The smallest absolute Gasteiger partial charge is 0.255 e. The van der Waals surface area contributed by atoms with Crippen LogP contribution in [0, 0.1) is 6.92 Å². The van der Waals surface area contributed by atoms with Crippen LogP contribution in [-0.4, -0.2) is 27.6 Å². The molecule has 0 aliphatic rings. The monoisotopic (exact) mass is 352 g/mol. The molecule has 0 spiro atoms. The van der Waals surface area contributed by atoms with Crippen LogP contribution in [-0.2, 0) is 6.42 Å². The highest BCUT2D eigenvalue weighted by atomic mass is 79.9. The summed E-state index contributed by atoms with van der Waals surface area (Å²) in [5.41, 5.74) is 5.05. The van der Waals surface area contributed by atoms with Gasteiger partial charge in [-0.25, -0.2) is 10.8 Å². The Morgan fingerprint density at radius 3 is 2.95 bits per heavy atom. The molecule has 0 bridgehead atoms. The van der Waals surface area contributed by atoms with Crippen LogP contribution in [0.2, 0.25) is 0 Å². The molecule has 2 rings (SSSR count). The molecule has 0 saturated carbocycles.